The number of rotatable bonds is 9. The standard InChI is InChI=1S/C18H36N2O3/c1-5-6-11-19-12-13-22-14-15-7-9-16(10-8-15)20-17(21)23-18(2,3)4/h15-16,19H,5-14H2,1-4H3,(H,20,21). The molecule has 1 amide bonds. The SMILES string of the molecule is CCCCNCCOCC1CCC(NC(=O)OC(C)(C)C)CC1. The number of amides is 1. The van der Waals surface area contributed by atoms with Crippen LogP contribution in [0, 0.1) is 5.92 Å². The maximum atomic E-state index is 11.8. The van der Waals surface area contributed by atoms with Gasteiger partial charge in [0, 0.05) is 19.2 Å². The van der Waals surface area contributed by atoms with E-state index in [1.165, 1.54) is 12.8 Å². The number of alkyl carbamates (subject to hydrolysis) is 1. The highest BCUT2D eigenvalue weighted by atomic mass is 16.6. The topological polar surface area (TPSA) is 59.6 Å². The average molecular weight is 328 g/mol. The molecular formula is C18H36N2O3. The van der Waals surface area contributed by atoms with E-state index < -0.39 is 5.60 Å². The van der Waals surface area contributed by atoms with E-state index in [4.69, 9.17) is 9.47 Å². The van der Waals surface area contributed by atoms with Gasteiger partial charge < -0.3 is 20.1 Å². The Morgan fingerprint density at radius 2 is 1.83 bits per heavy atom. The molecule has 1 rings (SSSR count). The molecule has 5 nitrogen and oxygen atoms in total. The van der Waals surface area contributed by atoms with Gasteiger partial charge in [-0.3, -0.25) is 0 Å². The van der Waals surface area contributed by atoms with Crippen LogP contribution in [0.15, 0.2) is 0 Å². The van der Waals surface area contributed by atoms with E-state index in [9.17, 15) is 4.79 Å². The molecule has 1 saturated carbocycles. The highest BCUT2D eigenvalue weighted by Crippen LogP contribution is 2.24. The Hall–Kier alpha value is -0.810. The first-order valence-electron chi connectivity index (χ1n) is 9.18. The largest absolute Gasteiger partial charge is 0.444 e. The van der Waals surface area contributed by atoms with Gasteiger partial charge in [-0.05, 0) is 65.3 Å². The summed E-state index contributed by atoms with van der Waals surface area (Å²) in [4.78, 5) is 11.8. The predicted octanol–water partition coefficient (Wildman–Crippen LogP) is 3.48. The molecule has 0 radical (unpaired) electrons. The molecule has 1 fully saturated rings. The lowest BCUT2D eigenvalue weighted by molar-refractivity contribution is 0.0464. The molecule has 0 atom stereocenters. The summed E-state index contributed by atoms with van der Waals surface area (Å²) in [6, 6.07) is 0.247. The molecule has 1 aliphatic carbocycles. The van der Waals surface area contributed by atoms with Crippen molar-refractivity contribution in [3.63, 3.8) is 0 Å². The lowest BCUT2D eigenvalue weighted by atomic mass is 9.86. The first kappa shape index (κ1) is 20.2. The monoisotopic (exact) mass is 328 g/mol. The van der Waals surface area contributed by atoms with Crippen molar-refractivity contribution < 1.29 is 14.3 Å². The second kappa shape index (κ2) is 10.9. The number of ether oxygens (including phenoxy) is 2. The highest BCUT2D eigenvalue weighted by molar-refractivity contribution is 5.68. The molecule has 1 aliphatic rings. The van der Waals surface area contributed by atoms with Crippen molar-refractivity contribution in [2.24, 2.45) is 5.92 Å². The lowest BCUT2D eigenvalue weighted by Gasteiger charge is -2.30. The van der Waals surface area contributed by atoms with Gasteiger partial charge >= 0.3 is 6.09 Å². The fourth-order valence-corrected chi connectivity index (χ4v) is 2.77. The van der Waals surface area contributed by atoms with Gasteiger partial charge in [-0.15, -0.1) is 0 Å². The van der Waals surface area contributed by atoms with Crippen LogP contribution in [0.2, 0.25) is 0 Å². The first-order chi connectivity index (χ1) is 10.9. The number of nitrogens with one attached hydrogen (secondary N) is 2. The Kier molecular flexibility index (Phi) is 9.56. The van der Waals surface area contributed by atoms with E-state index in [-0.39, 0.29) is 12.1 Å². The van der Waals surface area contributed by atoms with E-state index in [0.717, 1.165) is 52.0 Å². The Balaban J connectivity index is 2.03. The number of carbonyl (C=O) groups is 1. The Labute approximate surface area is 141 Å². The zero-order chi connectivity index (χ0) is 17.1. The van der Waals surface area contributed by atoms with Crippen molar-refractivity contribution in [2.45, 2.75) is 77.9 Å². The van der Waals surface area contributed by atoms with Gasteiger partial charge in [0.25, 0.3) is 0 Å². The third-order valence-electron chi connectivity index (χ3n) is 4.05. The summed E-state index contributed by atoms with van der Waals surface area (Å²) < 4.78 is 11.1. The van der Waals surface area contributed by atoms with Crippen LogP contribution in [0.1, 0.15) is 66.2 Å². The summed E-state index contributed by atoms with van der Waals surface area (Å²) in [5, 5.41) is 6.36. The fraction of sp³-hybridized carbons (Fsp3) is 0.944. The summed E-state index contributed by atoms with van der Waals surface area (Å²) in [7, 11) is 0. The van der Waals surface area contributed by atoms with Crippen molar-refractivity contribution in [1.29, 1.82) is 0 Å². The van der Waals surface area contributed by atoms with Gasteiger partial charge in [0.2, 0.25) is 0 Å². The molecule has 0 aliphatic heterocycles. The summed E-state index contributed by atoms with van der Waals surface area (Å²) in [5.74, 6) is 0.627. The van der Waals surface area contributed by atoms with E-state index in [2.05, 4.69) is 17.6 Å². The van der Waals surface area contributed by atoms with Gasteiger partial charge in [-0.2, -0.15) is 0 Å². The molecule has 0 bridgehead atoms. The quantitative estimate of drug-likeness (QED) is 0.636. The van der Waals surface area contributed by atoms with Crippen molar-refractivity contribution in [2.75, 3.05) is 26.3 Å². The molecule has 2 N–H and O–H groups in total. The summed E-state index contributed by atoms with van der Waals surface area (Å²) in [5.41, 5.74) is -0.430. The summed E-state index contributed by atoms with van der Waals surface area (Å²) in [6.45, 7) is 11.5. The minimum Gasteiger partial charge on any atom is -0.444 e. The number of hydrogen-bond donors (Lipinski definition) is 2. The molecular weight excluding hydrogens is 292 g/mol. The minimum atomic E-state index is -0.430. The molecule has 0 aromatic heterocycles. The molecule has 0 heterocycles. The molecule has 136 valence electrons. The van der Waals surface area contributed by atoms with Gasteiger partial charge in [-0.1, -0.05) is 13.3 Å². The second-order valence-electron chi connectivity index (χ2n) is 7.54. The van der Waals surface area contributed by atoms with Crippen LogP contribution < -0.4 is 10.6 Å². The molecule has 0 spiro atoms. The van der Waals surface area contributed by atoms with E-state index in [0.29, 0.717) is 5.92 Å². The molecule has 0 unspecified atom stereocenters. The highest BCUT2D eigenvalue weighted by Gasteiger charge is 2.24. The number of unbranched alkanes of at least 4 members (excludes halogenated alkanes) is 1. The second-order valence-corrected chi connectivity index (χ2v) is 7.54. The van der Waals surface area contributed by atoms with Gasteiger partial charge in [0.1, 0.15) is 5.60 Å². The zero-order valence-corrected chi connectivity index (χ0v) is 15.5. The number of carbonyl (C=O) groups excluding carboxylic acids is 1. The zero-order valence-electron chi connectivity index (χ0n) is 15.5. The van der Waals surface area contributed by atoms with Gasteiger partial charge in [0.05, 0.1) is 6.61 Å². The molecule has 0 aromatic carbocycles. The van der Waals surface area contributed by atoms with Crippen LogP contribution in [0.4, 0.5) is 4.79 Å². The third kappa shape index (κ3) is 10.6. The van der Waals surface area contributed by atoms with Crippen LogP contribution in [0.25, 0.3) is 0 Å². The summed E-state index contributed by atoms with van der Waals surface area (Å²) in [6.07, 6.45) is 6.43. The van der Waals surface area contributed by atoms with E-state index >= 15 is 0 Å². The van der Waals surface area contributed by atoms with Crippen LogP contribution >= 0.6 is 0 Å². The van der Waals surface area contributed by atoms with Crippen molar-refractivity contribution >= 4 is 6.09 Å². The van der Waals surface area contributed by atoms with Gasteiger partial charge in [0.15, 0.2) is 0 Å². The Morgan fingerprint density at radius 3 is 2.43 bits per heavy atom. The van der Waals surface area contributed by atoms with Crippen molar-refractivity contribution in [1.82, 2.24) is 10.6 Å². The van der Waals surface area contributed by atoms with Crippen molar-refractivity contribution in [3.05, 3.63) is 0 Å². The minimum absolute atomic E-state index is 0.247. The lowest BCUT2D eigenvalue weighted by Crippen LogP contribution is -2.41. The van der Waals surface area contributed by atoms with Crippen molar-refractivity contribution in [3.8, 4) is 0 Å². The van der Waals surface area contributed by atoms with E-state index in [1.807, 2.05) is 20.8 Å². The molecule has 0 aromatic rings. The van der Waals surface area contributed by atoms with Crippen LogP contribution in [0.5, 0.6) is 0 Å². The summed E-state index contributed by atoms with van der Waals surface area (Å²) >= 11 is 0. The van der Waals surface area contributed by atoms with Crippen LogP contribution in [-0.2, 0) is 9.47 Å². The first-order valence-corrected chi connectivity index (χ1v) is 9.18. The number of hydrogen-bond acceptors (Lipinski definition) is 4. The predicted molar refractivity (Wildman–Crippen MR) is 93.7 cm³/mol. The smallest absolute Gasteiger partial charge is 0.407 e. The third-order valence-corrected chi connectivity index (χ3v) is 4.05. The molecule has 23 heavy (non-hydrogen) atoms. The molecule has 0 saturated heterocycles. The fourth-order valence-electron chi connectivity index (χ4n) is 2.77. The van der Waals surface area contributed by atoms with E-state index in [1.54, 1.807) is 0 Å². The maximum Gasteiger partial charge on any atom is 0.407 e. The maximum absolute atomic E-state index is 11.8. The average Bonchev–Trinajstić information content (AvgIpc) is 2.46. The van der Waals surface area contributed by atoms with Crippen LogP contribution in [0.3, 0.4) is 0 Å². The van der Waals surface area contributed by atoms with Gasteiger partial charge in [-0.25, -0.2) is 4.79 Å². The van der Waals surface area contributed by atoms with Crippen LogP contribution in [-0.4, -0.2) is 44.0 Å². The molecule has 5 heteroatoms. The normalized spacial score (nSPS) is 21.9. The Morgan fingerprint density at radius 1 is 1.13 bits per heavy atom. The Bertz CT molecular complexity index is 321.